The summed E-state index contributed by atoms with van der Waals surface area (Å²) in [7, 11) is 0. The van der Waals surface area contributed by atoms with E-state index in [9.17, 15) is 0 Å². The minimum Gasteiger partial charge on any atom is -0.380 e. The Morgan fingerprint density at radius 1 is 1.17 bits per heavy atom. The molecule has 1 aliphatic rings. The molecule has 1 aromatic rings. The second-order valence-electron chi connectivity index (χ2n) is 4.79. The molecule has 0 atom stereocenters. The molecule has 0 spiro atoms. The standard InChI is InChI=1S/C15H22ClNO/c16-7-10-18-9-2-8-17-12-13-5-6-14-3-1-4-15(14)11-13/h5-6,11,17H,1-4,7-10,12H2. The summed E-state index contributed by atoms with van der Waals surface area (Å²) in [5.41, 5.74) is 4.50. The van der Waals surface area contributed by atoms with Gasteiger partial charge in [0.05, 0.1) is 6.61 Å². The number of aryl methyl sites for hydroxylation is 2. The van der Waals surface area contributed by atoms with Crippen LogP contribution < -0.4 is 5.32 Å². The molecule has 0 aromatic heterocycles. The van der Waals surface area contributed by atoms with Crippen molar-refractivity contribution in [2.45, 2.75) is 32.2 Å². The van der Waals surface area contributed by atoms with Gasteiger partial charge in [0.2, 0.25) is 0 Å². The van der Waals surface area contributed by atoms with Crippen LogP contribution in [0.2, 0.25) is 0 Å². The van der Waals surface area contributed by atoms with Crippen molar-refractivity contribution in [3.05, 3.63) is 34.9 Å². The zero-order valence-corrected chi connectivity index (χ0v) is 11.6. The Morgan fingerprint density at radius 2 is 2.06 bits per heavy atom. The van der Waals surface area contributed by atoms with Crippen molar-refractivity contribution in [3.63, 3.8) is 0 Å². The Labute approximate surface area is 115 Å². The topological polar surface area (TPSA) is 21.3 Å². The average Bonchev–Trinajstić information content (AvgIpc) is 2.85. The maximum Gasteiger partial charge on any atom is 0.0601 e. The number of fused-ring (bicyclic) bond motifs is 1. The lowest BCUT2D eigenvalue weighted by Gasteiger charge is -2.07. The third-order valence-electron chi connectivity index (χ3n) is 3.36. The van der Waals surface area contributed by atoms with Gasteiger partial charge in [-0.25, -0.2) is 0 Å². The summed E-state index contributed by atoms with van der Waals surface area (Å²) in [6.45, 7) is 3.42. The minimum absolute atomic E-state index is 0.586. The molecule has 1 aliphatic carbocycles. The highest BCUT2D eigenvalue weighted by Gasteiger charge is 2.10. The van der Waals surface area contributed by atoms with Crippen molar-refractivity contribution in [2.75, 3.05) is 25.6 Å². The Morgan fingerprint density at radius 3 is 2.94 bits per heavy atom. The average molecular weight is 268 g/mol. The number of alkyl halides is 1. The summed E-state index contributed by atoms with van der Waals surface area (Å²) in [6.07, 6.45) is 4.89. The van der Waals surface area contributed by atoms with Crippen molar-refractivity contribution in [1.82, 2.24) is 5.32 Å². The van der Waals surface area contributed by atoms with Crippen molar-refractivity contribution in [1.29, 1.82) is 0 Å². The molecule has 18 heavy (non-hydrogen) atoms. The van der Waals surface area contributed by atoms with E-state index in [4.69, 9.17) is 16.3 Å². The molecule has 0 bridgehead atoms. The molecule has 0 aliphatic heterocycles. The molecule has 3 heteroatoms. The molecule has 2 nitrogen and oxygen atoms in total. The third-order valence-corrected chi connectivity index (χ3v) is 3.51. The van der Waals surface area contributed by atoms with E-state index in [2.05, 4.69) is 23.5 Å². The van der Waals surface area contributed by atoms with Crippen molar-refractivity contribution >= 4 is 11.6 Å². The summed E-state index contributed by atoms with van der Waals surface area (Å²) < 4.78 is 5.32. The Balaban J connectivity index is 1.62. The molecule has 0 saturated heterocycles. The van der Waals surface area contributed by atoms with Gasteiger partial charge in [0.1, 0.15) is 0 Å². The first-order chi connectivity index (χ1) is 8.90. The highest BCUT2D eigenvalue weighted by atomic mass is 35.5. The van der Waals surface area contributed by atoms with Crippen molar-refractivity contribution in [3.8, 4) is 0 Å². The smallest absolute Gasteiger partial charge is 0.0601 e. The lowest BCUT2D eigenvalue weighted by molar-refractivity contribution is 0.146. The van der Waals surface area contributed by atoms with E-state index in [-0.39, 0.29) is 0 Å². The van der Waals surface area contributed by atoms with Crippen LogP contribution in [0.3, 0.4) is 0 Å². The van der Waals surface area contributed by atoms with E-state index in [0.717, 1.165) is 26.1 Å². The molecule has 1 N–H and O–H groups in total. The van der Waals surface area contributed by atoms with Crippen LogP contribution >= 0.6 is 11.6 Å². The Hall–Kier alpha value is -0.570. The maximum atomic E-state index is 5.53. The monoisotopic (exact) mass is 267 g/mol. The summed E-state index contributed by atoms with van der Waals surface area (Å²) in [4.78, 5) is 0. The van der Waals surface area contributed by atoms with Gasteiger partial charge in [0, 0.05) is 19.0 Å². The van der Waals surface area contributed by atoms with E-state index in [0.29, 0.717) is 12.5 Å². The fraction of sp³-hybridized carbons (Fsp3) is 0.600. The predicted octanol–water partition coefficient (Wildman–Crippen LogP) is 2.91. The van der Waals surface area contributed by atoms with Crippen LogP contribution in [-0.4, -0.2) is 25.6 Å². The highest BCUT2D eigenvalue weighted by molar-refractivity contribution is 6.17. The van der Waals surface area contributed by atoms with Crippen LogP contribution in [0.1, 0.15) is 29.5 Å². The number of nitrogens with one attached hydrogen (secondary N) is 1. The van der Waals surface area contributed by atoms with Gasteiger partial charge < -0.3 is 10.1 Å². The van der Waals surface area contributed by atoms with E-state index in [1.54, 1.807) is 11.1 Å². The van der Waals surface area contributed by atoms with E-state index >= 15 is 0 Å². The SMILES string of the molecule is ClCCOCCCNCc1ccc2c(c1)CCC2. The van der Waals surface area contributed by atoms with Crippen LogP contribution in [0.15, 0.2) is 18.2 Å². The summed E-state index contributed by atoms with van der Waals surface area (Å²) in [5.74, 6) is 0.586. The highest BCUT2D eigenvalue weighted by Crippen LogP contribution is 2.22. The Bertz CT molecular complexity index is 368. The van der Waals surface area contributed by atoms with Gasteiger partial charge in [-0.15, -0.1) is 11.6 Å². The quantitative estimate of drug-likeness (QED) is 0.578. The molecule has 0 amide bonds. The van der Waals surface area contributed by atoms with E-state index in [1.807, 2.05) is 0 Å². The third kappa shape index (κ3) is 4.27. The first-order valence-corrected chi connectivity index (χ1v) is 7.38. The van der Waals surface area contributed by atoms with Crippen LogP contribution in [0.4, 0.5) is 0 Å². The number of ether oxygens (including phenoxy) is 1. The van der Waals surface area contributed by atoms with Gasteiger partial charge in [-0.2, -0.15) is 0 Å². The van der Waals surface area contributed by atoms with Crippen LogP contribution in [-0.2, 0) is 24.1 Å². The molecule has 0 saturated carbocycles. The first kappa shape index (κ1) is 13.9. The summed E-state index contributed by atoms with van der Waals surface area (Å²) in [5, 5.41) is 3.46. The first-order valence-electron chi connectivity index (χ1n) is 6.85. The second-order valence-corrected chi connectivity index (χ2v) is 5.17. The summed E-state index contributed by atoms with van der Waals surface area (Å²) in [6, 6.07) is 6.91. The molecule has 0 unspecified atom stereocenters. The van der Waals surface area contributed by atoms with Crippen LogP contribution in [0.5, 0.6) is 0 Å². The molecule has 0 heterocycles. The van der Waals surface area contributed by atoms with Gasteiger partial charge in [0.25, 0.3) is 0 Å². The fourth-order valence-electron chi connectivity index (χ4n) is 2.42. The lowest BCUT2D eigenvalue weighted by atomic mass is 10.1. The van der Waals surface area contributed by atoms with Crippen molar-refractivity contribution < 1.29 is 4.74 Å². The molecule has 0 fully saturated rings. The minimum atomic E-state index is 0.586. The van der Waals surface area contributed by atoms with Crippen molar-refractivity contribution in [2.24, 2.45) is 0 Å². The predicted molar refractivity (Wildman–Crippen MR) is 76.3 cm³/mol. The fourth-order valence-corrected chi connectivity index (χ4v) is 2.53. The summed E-state index contributed by atoms with van der Waals surface area (Å²) >= 11 is 5.53. The van der Waals surface area contributed by atoms with Gasteiger partial charge in [-0.3, -0.25) is 0 Å². The molecule has 0 radical (unpaired) electrons. The molecule has 2 rings (SSSR count). The van der Waals surface area contributed by atoms with E-state index < -0.39 is 0 Å². The van der Waals surface area contributed by atoms with Gasteiger partial charge in [0.15, 0.2) is 0 Å². The molecular formula is C15H22ClNO. The normalized spacial score (nSPS) is 13.8. The zero-order chi connectivity index (χ0) is 12.6. The largest absolute Gasteiger partial charge is 0.380 e. The zero-order valence-electron chi connectivity index (χ0n) is 10.9. The maximum absolute atomic E-state index is 5.53. The number of hydrogen-bond acceptors (Lipinski definition) is 2. The number of hydrogen-bond donors (Lipinski definition) is 1. The number of rotatable bonds is 8. The molecular weight excluding hydrogens is 246 g/mol. The number of benzene rings is 1. The molecule has 100 valence electrons. The molecule has 1 aromatic carbocycles. The lowest BCUT2D eigenvalue weighted by Crippen LogP contribution is -2.16. The number of halogens is 1. The Kier molecular flexibility index (Phi) is 5.98. The second kappa shape index (κ2) is 7.78. The van der Waals surface area contributed by atoms with E-state index in [1.165, 1.54) is 24.8 Å². The van der Waals surface area contributed by atoms with Gasteiger partial charge in [-0.1, -0.05) is 18.2 Å². The van der Waals surface area contributed by atoms with Crippen LogP contribution in [0, 0.1) is 0 Å². The van der Waals surface area contributed by atoms with Crippen LogP contribution in [0.25, 0.3) is 0 Å². The van der Waals surface area contributed by atoms with Gasteiger partial charge >= 0.3 is 0 Å². The van der Waals surface area contributed by atoms with Gasteiger partial charge in [-0.05, 0) is 48.9 Å².